The van der Waals surface area contributed by atoms with E-state index in [1.807, 2.05) is 11.3 Å². The Morgan fingerprint density at radius 1 is 0.853 bits per heavy atom. The summed E-state index contributed by atoms with van der Waals surface area (Å²) in [6.45, 7) is 14.0. The number of rotatable bonds is 9. The fourth-order valence-electron chi connectivity index (χ4n) is 6.36. The van der Waals surface area contributed by atoms with Crippen LogP contribution in [0.1, 0.15) is 93.8 Å². The smallest absolute Gasteiger partial charge is 0.141 e. The number of piperazine rings is 1. The van der Waals surface area contributed by atoms with E-state index in [9.17, 15) is 0 Å². The van der Waals surface area contributed by atoms with Crippen molar-refractivity contribution in [1.29, 1.82) is 0 Å². The summed E-state index contributed by atoms with van der Waals surface area (Å²) in [4.78, 5) is 21.4. The summed E-state index contributed by atoms with van der Waals surface area (Å²) in [7, 11) is 0. The second-order valence-corrected chi connectivity index (χ2v) is 11.9. The highest BCUT2D eigenvalue weighted by molar-refractivity contribution is 7.19. The summed E-state index contributed by atoms with van der Waals surface area (Å²) >= 11 is 1.98. The number of aryl methyl sites for hydroxylation is 2. The zero-order valence-electron chi connectivity index (χ0n) is 21.7. The van der Waals surface area contributed by atoms with Crippen LogP contribution in [0.3, 0.4) is 0 Å². The maximum absolute atomic E-state index is 5.37. The van der Waals surface area contributed by atoms with Gasteiger partial charge in [-0.3, -0.25) is 4.90 Å². The normalized spacial score (nSPS) is 20.4. The predicted molar refractivity (Wildman–Crippen MR) is 146 cm³/mol. The minimum atomic E-state index is 0.570. The topological polar surface area (TPSA) is 35.5 Å². The van der Waals surface area contributed by atoms with Gasteiger partial charge in [0.2, 0.25) is 0 Å². The molecule has 1 aliphatic heterocycles. The molecular weight excluding hydrogens is 438 g/mol. The molecule has 0 radical (unpaired) electrons. The van der Waals surface area contributed by atoms with Crippen LogP contribution in [0.5, 0.6) is 0 Å². The third-order valence-electron chi connectivity index (χ3n) is 8.27. The molecule has 2 aromatic heterocycles. The molecular formula is C28H45N5S. The Morgan fingerprint density at radius 3 is 2.32 bits per heavy atom. The summed E-state index contributed by atoms with van der Waals surface area (Å²) in [5.41, 5.74) is 1.59. The Balaban J connectivity index is 1.34. The van der Waals surface area contributed by atoms with Crippen LogP contribution in [0.4, 0.5) is 5.82 Å². The van der Waals surface area contributed by atoms with E-state index in [1.165, 1.54) is 113 Å². The second-order valence-electron chi connectivity index (χ2n) is 10.8. The minimum Gasteiger partial charge on any atom is -0.353 e. The average molecular weight is 484 g/mol. The van der Waals surface area contributed by atoms with E-state index in [0.29, 0.717) is 5.92 Å². The number of nitrogens with zero attached hydrogens (tertiary/aromatic N) is 5. The molecule has 34 heavy (non-hydrogen) atoms. The Labute approximate surface area is 210 Å². The number of fused-ring (bicyclic) bond motifs is 3. The largest absolute Gasteiger partial charge is 0.353 e. The number of hydrogen-bond donors (Lipinski definition) is 0. The molecule has 6 heteroatoms. The van der Waals surface area contributed by atoms with Crippen molar-refractivity contribution in [1.82, 2.24) is 19.8 Å². The first-order valence-electron chi connectivity index (χ1n) is 14.3. The first-order valence-corrected chi connectivity index (χ1v) is 15.1. The molecule has 0 unspecified atom stereocenters. The van der Waals surface area contributed by atoms with Crippen LogP contribution < -0.4 is 4.90 Å². The first-order chi connectivity index (χ1) is 16.8. The van der Waals surface area contributed by atoms with E-state index in [4.69, 9.17) is 9.97 Å². The lowest BCUT2D eigenvalue weighted by molar-refractivity contribution is 0.196. The molecule has 3 heterocycles. The lowest BCUT2D eigenvalue weighted by atomic mass is 9.88. The molecule has 2 fully saturated rings. The number of hydrogen-bond acceptors (Lipinski definition) is 6. The number of aromatic nitrogens is 2. The molecule has 2 aromatic rings. The summed E-state index contributed by atoms with van der Waals surface area (Å²) in [5, 5.41) is 1.42. The van der Waals surface area contributed by atoms with Gasteiger partial charge in [-0.15, -0.1) is 11.3 Å². The number of anilines is 1. The van der Waals surface area contributed by atoms with E-state index in [-0.39, 0.29) is 0 Å². The Kier molecular flexibility index (Phi) is 8.39. The van der Waals surface area contributed by atoms with Gasteiger partial charge < -0.3 is 9.80 Å². The zero-order chi connectivity index (χ0) is 23.3. The maximum Gasteiger partial charge on any atom is 0.141 e. The van der Waals surface area contributed by atoms with Crippen molar-refractivity contribution in [2.75, 3.05) is 57.3 Å². The summed E-state index contributed by atoms with van der Waals surface area (Å²) in [6, 6.07) is 0. The first kappa shape index (κ1) is 24.5. The van der Waals surface area contributed by atoms with Crippen molar-refractivity contribution in [3.05, 3.63) is 16.3 Å². The van der Waals surface area contributed by atoms with Crippen LogP contribution in [0, 0.1) is 0 Å². The Bertz CT molecular complexity index is 921. The molecule has 0 aromatic carbocycles. The molecule has 0 spiro atoms. The molecule has 0 N–H and O–H groups in total. The highest BCUT2D eigenvalue weighted by Crippen LogP contribution is 2.42. The fraction of sp³-hybridized carbons (Fsp3) is 0.786. The summed E-state index contributed by atoms with van der Waals surface area (Å²) in [5.74, 6) is 3.00. The van der Waals surface area contributed by atoms with Crippen molar-refractivity contribution in [3.63, 3.8) is 0 Å². The van der Waals surface area contributed by atoms with E-state index in [1.54, 1.807) is 10.4 Å². The molecule has 0 bridgehead atoms. The van der Waals surface area contributed by atoms with Crippen molar-refractivity contribution in [2.24, 2.45) is 0 Å². The standard InChI is InChI=1S/C28H45N5S/c1-3-14-31(15-4-2)16-17-32-18-20-33(21-19-32)27-25-23-12-8-9-13-24(23)34-28(25)30-26(29-27)22-10-6-5-7-11-22/h22H,3-21H2,1-2H3. The molecule has 1 saturated heterocycles. The van der Waals surface area contributed by atoms with Gasteiger partial charge in [-0.1, -0.05) is 33.1 Å². The van der Waals surface area contributed by atoms with Gasteiger partial charge in [0.1, 0.15) is 16.5 Å². The van der Waals surface area contributed by atoms with Gasteiger partial charge in [-0.2, -0.15) is 0 Å². The van der Waals surface area contributed by atoms with Gasteiger partial charge in [0, 0.05) is 50.1 Å². The van der Waals surface area contributed by atoms with Gasteiger partial charge in [0.15, 0.2) is 0 Å². The predicted octanol–water partition coefficient (Wildman–Crippen LogP) is 5.86. The molecule has 188 valence electrons. The molecule has 1 saturated carbocycles. The highest BCUT2D eigenvalue weighted by atomic mass is 32.1. The van der Waals surface area contributed by atoms with Crippen LogP contribution in [0.15, 0.2) is 0 Å². The molecule has 0 amide bonds. The Morgan fingerprint density at radius 2 is 1.59 bits per heavy atom. The average Bonchev–Trinajstić information content (AvgIpc) is 3.26. The van der Waals surface area contributed by atoms with Crippen LogP contribution in [0.25, 0.3) is 10.2 Å². The summed E-state index contributed by atoms with van der Waals surface area (Å²) < 4.78 is 0. The quantitative estimate of drug-likeness (QED) is 0.446. The van der Waals surface area contributed by atoms with Crippen molar-refractivity contribution in [3.8, 4) is 0 Å². The molecule has 5 nitrogen and oxygen atoms in total. The van der Waals surface area contributed by atoms with Crippen molar-refractivity contribution < 1.29 is 0 Å². The van der Waals surface area contributed by atoms with E-state index < -0.39 is 0 Å². The van der Waals surface area contributed by atoms with Gasteiger partial charge in [-0.05, 0) is 70.0 Å². The van der Waals surface area contributed by atoms with Gasteiger partial charge in [0.25, 0.3) is 0 Å². The monoisotopic (exact) mass is 483 g/mol. The van der Waals surface area contributed by atoms with Crippen LogP contribution in [-0.2, 0) is 12.8 Å². The van der Waals surface area contributed by atoms with Crippen LogP contribution in [0.2, 0.25) is 0 Å². The lowest BCUT2D eigenvalue weighted by Gasteiger charge is -2.37. The van der Waals surface area contributed by atoms with Crippen molar-refractivity contribution >= 4 is 27.4 Å². The molecule has 2 aliphatic carbocycles. The van der Waals surface area contributed by atoms with E-state index in [2.05, 4.69) is 28.5 Å². The van der Waals surface area contributed by atoms with Crippen molar-refractivity contribution in [2.45, 2.75) is 90.4 Å². The highest BCUT2D eigenvalue weighted by Gasteiger charge is 2.28. The summed E-state index contributed by atoms with van der Waals surface area (Å²) in [6.07, 6.45) is 14.2. The SMILES string of the molecule is CCCN(CCC)CCN1CCN(c2nc(C3CCCCC3)nc3sc4c(c23)CCCC4)CC1. The number of thiophene rings is 1. The van der Waals surface area contributed by atoms with E-state index in [0.717, 1.165) is 32.0 Å². The van der Waals surface area contributed by atoms with Gasteiger partial charge >= 0.3 is 0 Å². The zero-order valence-corrected chi connectivity index (χ0v) is 22.5. The molecule has 0 atom stereocenters. The van der Waals surface area contributed by atoms with Crippen LogP contribution >= 0.6 is 11.3 Å². The minimum absolute atomic E-state index is 0.570. The van der Waals surface area contributed by atoms with E-state index >= 15 is 0 Å². The third-order valence-corrected chi connectivity index (χ3v) is 9.45. The molecule has 3 aliphatic rings. The molecule has 5 rings (SSSR count). The Hall–Kier alpha value is -1.24. The van der Waals surface area contributed by atoms with Crippen LogP contribution in [-0.4, -0.2) is 72.1 Å². The third kappa shape index (κ3) is 5.44. The maximum atomic E-state index is 5.37. The fourth-order valence-corrected chi connectivity index (χ4v) is 7.62. The van der Waals surface area contributed by atoms with Gasteiger partial charge in [-0.25, -0.2) is 9.97 Å². The lowest BCUT2D eigenvalue weighted by Crippen LogP contribution is -2.49. The van der Waals surface area contributed by atoms with Gasteiger partial charge in [0.05, 0.1) is 5.39 Å². The second kappa shape index (κ2) is 11.7.